The Hall–Kier alpha value is -3.51. The maximum Gasteiger partial charge on any atom is 0.261 e. The van der Waals surface area contributed by atoms with Gasteiger partial charge in [-0.1, -0.05) is 37.3 Å². The summed E-state index contributed by atoms with van der Waals surface area (Å²) < 4.78 is 54.8. The smallest absolute Gasteiger partial charge is 0.261 e. The lowest BCUT2D eigenvalue weighted by Crippen LogP contribution is -2.47. The number of nitrogens with one attached hydrogen (secondary N) is 1. The predicted octanol–water partition coefficient (Wildman–Crippen LogP) is 5.55. The first kappa shape index (κ1) is 35.3. The van der Waals surface area contributed by atoms with Crippen LogP contribution in [-0.2, 0) is 21.3 Å². The fourth-order valence-electron chi connectivity index (χ4n) is 5.54. The molecule has 11 heteroatoms. The second-order valence-corrected chi connectivity index (χ2v) is 13.9. The number of fused-ring (bicyclic) bond motifs is 1. The number of halogens is 1. The van der Waals surface area contributed by atoms with Crippen molar-refractivity contribution in [2.45, 2.75) is 69.7 Å². The minimum Gasteiger partial charge on any atom is -0.490 e. The molecule has 0 radical (unpaired) electrons. The maximum atomic E-state index is 14.3. The number of hydrogen-bond acceptors (Lipinski definition) is 7. The Morgan fingerprint density at radius 2 is 1.78 bits per heavy atom. The number of sulfonamides is 1. The Morgan fingerprint density at radius 1 is 1.07 bits per heavy atom. The Morgan fingerprint density at radius 3 is 2.48 bits per heavy atom. The van der Waals surface area contributed by atoms with E-state index in [2.05, 4.69) is 28.8 Å². The molecule has 3 aromatic carbocycles. The molecule has 1 heterocycles. The van der Waals surface area contributed by atoms with Gasteiger partial charge in [-0.2, -0.15) is 0 Å². The van der Waals surface area contributed by atoms with Crippen molar-refractivity contribution in [1.29, 1.82) is 0 Å². The van der Waals surface area contributed by atoms with Crippen LogP contribution in [0.5, 0.6) is 5.75 Å². The van der Waals surface area contributed by atoms with Crippen LogP contribution in [0.3, 0.4) is 0 Å². The van der Waals surface area contributed by atoms with Crippen molar-refractivity contribution < 1.29 is 32.2 Å². The molecule has 3 aromatic rings. The van der Waals surface area contributed by atoms with Gasteiger partial charge in [0.15, 0.2) is 0 Å². The lowest BCUT2D eigenvalue weighted by atomic mass is 10.0. The fraction of sp³-hybridized carbons (Fsp3) is 0.457. The van der Waals surface area contributed by atoms with Crippen LogP contribution >= 0.6 is 0 Å². The van der Waals surface area contributed by atoms with Crippen LogP contribution in [0.25, 0.3) is 0 Å². The van der Waals surface area contributed by atoms with Crippen LogP contribution in [0, 0.1) is 11.7 Å². The number of hydrogen-bond donors (Lipinski definition) is 2. The number of benzene rings is 3. The summed E-state index contributed by atoms with van der Waals surface area (Å²) in [6, 6.07) is 18.8. The molecular weight excluding hydrogens is 609 g/mol. The number of aliphatic hydroxyl groups excluding tert-OH is 1. The largest absolute Gasteiger partial charge is 0.490 e. The summed E-state index contributed by atoms with van der Waals surface area (Å²) in [5.41, 5.74) is 1.53. The zero-order chi connectivity index (χ0) is 33.3. The van der Waals surface area contributed by atoms with Gasteiger partial charge in [0.2, 0.25) is 0 Å². The van der Waals surface area contributed by atoms with E-state index in [1.807, 2.05) is 32.0 Å². The molecule has 1 aliphatic heterocycles. The molecule has 1 amide bonds. The van der Waals surface area contributed by atoms with Gasteiger partial charge in [-0.25, -0.2) is 12.8 Å². The highest BCUT2D eigenvalue weighted by Crippen LogP contribution is 2.29. The number of amides is 1. The molecule has 46 heavy (non-hydrogen) atoms. The standard InChI is InChI=1S/C35H46FN3O6S/c1-25-21-39(26(2)24-40)35(41)32-20-30(37-46(42,43)31-16-13-29(36)14-17-31)15-18-33(32)45-27(3)10-8-9-19-44-34(25)23-38(4)22-28-11-6-5-7-12-28/h5-7,11-18,20,25-27,34,37,40H,8-10,19,21-24H2,1-4H3/t25-,26+,27-,34-/m1/s1. The van der Waals surface area contributed by atoms with Gasteiger partial charge < -0.3 is 19.5 Å². The number of ether oxygens (including phenoxy) is 2. The van der Waals surface area contributed by atoms with Crippen LogP contribution in [0.4, 0.5) is 10.1 Å². The van der Waals surface area contributed by atoms with Crippen molar-refractivity contribution in [1.82, 2.24) is 9.80 Å². The average Bonchev–Trinajstić information content (AvgIpc) is 3.03. The average molecular weight is 656 g/mol. The molecule has 9 nitrogen and oxygen atoms in total. The maximum absolute atomic E-state index is 14.3. The monoisotopic (exact) mass is 655 g/mol. The second kappa shape index (κ2) is 16.4. The van der Waals surface area contributed by atoms with Crippen LogP contribution in [0.2, 0.25) is 0 Å². The van der Waals surface area contributed by atoms with Crippen molar-refractivity contribution >= 4 is 21.6 Å². The predicted molar refractivity (Wildman–Crippen MR) is 177 cm³/mol. The first-order valence-corrected chi connectivity index (χ1v) is 17.3. The molecule has 2 N–H and O–H groups in total. The first-order chi connectivity index (χ1) is 22.0. The van der Waals surface area contributed by atoms with Gasteiger partial charge in [-0.05, 0) is 88.2 Å². The summed E-state index contributed by atoms with van der Waals surface area (Å²) in [4.78, 5) is 18.0. The summed E-state index contributed by atoms with van der Waals surface area (Å²) in [5, 5.41) is 10.2. The van der Waals surface area contributed by atoms with Crippen LogP contribution < -0.4 is 9.46 Å². The quantitative estimate of drug-likeness (QED) is 0.311. The summed E-state index contributed by atoms with van der Waals surface area (Å²) in [5.74, 6) is -0.711. The molecular formula is C35H46FN3O6S. The molecule has 4 atom stereocenters. The highest BCUT2D eigenvalue weighted by Gasteiger charge is 2.30. The molecule has 0 bridgehead atoms. The highest BCUT2D eigenvalue weighted by atomic mass is 32.2. The molecule has 0 unspecified atom stereocenters. The van der Waals surface area contributed by atoms with Gasteiger partial charge in [-0.3, -0.25) is 14.4 Å². The Labute approximate surface area is 272 Å². The number of nitrogens with zero attached hydrogens (tertiary/aromatic N) is 2. The third kappa shape index (κ3) is 9.75. The van der Waals surface area contributed by atoms with Crippen molar-refractivity contribution in [2.75, 3.05) is 38.1 Å². The third-order valence-corrected chi connectivity index (χ3v) is 9.61. The van der Waals surface area contributed by atoms with E-state index in [-0.39, 0.29) is 40.9 Å². The molecule has 0 fully saturated rings. The third-order valence-electron chi connectivity index (χ3n) is 8.21. The summed E-state index contributed by atoms with van der Waals surface area (Å²) in [6.45, 7) is 7.77. The van der Waals surface area contributed by atoms with Gasteiger partial charge in [0.05, 0.1) is 35.3 Å². The molecule has 0 aliphatic carbocycles. The Balaban J connectivity index is 1.64. The van der Waals surface area contributed by atoms with Gasteiger partial charge in [0.1, 0.15) is 11.6 Å². The molecule has 250 valence electrons. The van der Waals surface area contributed by atoms with E-state index in [0.29, 0.717) is 25.4 Å². The minimum absolute atomic E-state index is 0.0948. The van der Waals surface area contributed by atoms with Crippen molar-refractivity contribution in [3.05, 3.63) is 89.7 Å². The van der Waals surface area contributed by atoms with E-state index in [1.54, 1.807) is 17.9 Å². The Kier molecular flexibility index (Phi) is 12.6. The van der Waals surface area contributed by atoms with Gasteiger partial charge >= 0.3 is 0 Å². The number of rotatable bonds is 9. The van der Waals surface area contributed by atoms with E-state index in [4.69, 9.17) is 9.47 Å². The number of likely N-dealkylation sites (N-methyl/N-ethyl adjacent to an activating group) is 1. The van der Waals surface area contributed by atoms with E-state index in [0.717, 1.165) is 37.9 Å². The van der Waals surface area contributed by atoms with Gasteiger partial charge in [0, 0.05) is 37.8 Å². The molecule has 4 rings (SSSR count). The molecule has 0 spiro atoms. The SMILES string of the molecule is C[C@@H]1CCCCO[C@H](CN(C)Cc2ccccc2)[C@H](C)CN([C@@H](C)CO)C(=O)c2cc(NS(=O)(=O)c3ccc(F)cc3)ccc2O1. The summed E-state index contributed by atoms with van der Waals surface area (Å²) in [7, 11) is -2.01. The second-order valence-electron chi connectivity index (χ2n) is 12.3. The highest BCUT2D eigenvalue weighted by molar-refractivity contribution is 7.92. The minimum atomic E-state index is -4.06. The van der Waals surface area contributed by atoms with Crippen LogP contribution in [-0.4, -0.2) is 80.8 Å². The lowest BCUT2D eigenvalue weighted by Gasteiger charge is -2.36. The molecule has 0 saturated carbocycles. The zero-order valence-corrected chi connectivity index (χ0v) is 27.9. The number of aliphatic hydroxyl groups is 1. The van der Waals surface area contributed by atoms with Gasteiger partial charge in [0.25, 0.3) is 15.9 Å². The van der Waals surface area contributed by atoms with Gasteiger partial charge in [-0.15, -0.1) is 0 Å². The number of carbonyl (C=O) groups excluding carboxylic acids is 1. The number of carbonyl (C=O) groups is 1. The zero-order valence-electron chi connectivity index (χ0n) is 27.1. The lowest BCUT2D eigenvalue weighted by molar-refractivity contribution is -0.0177. The number of anilines is 1. The normalized spacial score (nSPS) is 20.8. The van der Waals surface area contributed by atoms with Crippen molar-refractivity contribution in [3.63, 3.8) is 0 Å². The van der Waals surface area contributed by atoms with Crippen LogP contribution in [0.1, 0.15) is 56.0 Å². The van der Waals surface area contributed by atoms with E-state index in [9.17, 15) is 22.7 Å². The Bertz CT molecular complexity index is 1520. The molecule has 0 saturated heterocycles. The van der Waals surface area contributed by atoms with E-state index >= 15 is 0 Å². The van der Waals surface area contributed by atoms with Crippen LogP contribution in [0.15, 0.2) is 77.7 Å². The summed E-state index contributed by atoms with van der Waals surface area (Å²) in [6.07, 6.45) is 2.06. The molecule has 1 aliphatic rings. The van der Waals surface area contributed by atoms with E-state index < -0.39 is 27.8 Å². The van der Waals surface area contributed by atoms with E-state index in [1.165, 1.54) is 29.8 Å². The molecule has 0 aromatic heterocycles. The fourth-order valence-corrected chi connectivity index (χ4v) is 6.59. The topological polar surface area (TPSA) is 108 Å². The van der Waals surface area contributed by atoms with Crippen molar-refractivity contribution in [2.24, 2.45) is 5.92 Å². The van der Waals surface area contributed by atoms with Crippen molar-refractivity contribution in [3.8, 4) is 5.75 Å². The first-order valence-electron chi connectivity index (χ1n) is 15.8. The summed E-state index contributed by atoms with van der Waals surface area (Å²) >= 11 is 0.